The van der Waals surface area contributed by atoms with Crippen LogP contribution in [-0.2, 0) is 7.05 Å². The number of phenols is 1. The SMILES string of the molecule is C[C@H]1Oc2ccccc2C=C1c1c2c[nH]n(C)c2nc2c1oc1cc(=O)cc(O)c12. The summed E-state index contributed by atoms with van der Waals surface area (Å²) in [4.78, 5) is 16.7. The largest absolute Gasteiger partial charge is 0.507 e. The average molecular weight is 399 g/mol. The average Bonchev–Trinajstić information content (AvgIpc) is 3.26. The van der Waals surface area contributed by atoms with Gasteiger partial charge in [0.1, 0.15) is 28.7 Å². The van der Waals surface area contributed by atoms with Crippen LogP contribution in [0.1, 0.15) is 18.1 Å². The molecule has 0 aliphatic carbocycles. The summed E-state index contributed by atoms with van der Waals surface area (Å²) in [5.41, 5.74) is 4.46. The summed E-state index contributed by atoms with van der Waals surface area (Å²) in [5.74, 6) is 0.688. The first-order valence-electron chi connectivity index (χ1n) is 9.62. The Balaban J connectivity index is 1.79. The van der Waals surface area contributed by atoms with Crippen LogP contribution in [-0.4, -0.2) is 26.0 Å². The number of nitrogens with one attached hydrogen (secondary N) is 1. The Morgan fingerprint density at radius 2 is 2.07 bits per heavy atom. The van der Waals surface area contributed by atoms with Crippen LogP contribution >= 0.6 is 0 Å². The maximum Gasteiger partial charge on any atom is 0.186 e. The molecule has 0 unspecified atom stereocenters. The second-order valence-corrected chi connectivity index (χ2v) is 7.55. The highest BCUT2D eigenvalue weighted by molar-refractivity contribution is 6.15. The van der Waals surface area contributed by atoms with Gasteiger partial charge in [0.05, 0.1) is 5.39 Å². The number of furan rings is 1. The molecule has 6 rings (SSSR count). The summed E-state index contributed by atoms with van der Waals surface area (Å²) in [6.07, 6.45) is 3.74. The highest BCUT2D eigenvalue weighted by atomic mass is 16.5. The van der Waals surface area contributed by atoms with E-state index in [9.17, 15) is 9.90 Å². The zero-order chi connectivity index (χ0) is 20.6. The Kier molecular flexibility index (Phi) is 3.25. The number of hydrogen-bond acceptors (Lipinski definition) is 5. The lowest BCUT2D eigenvalue weighted by Gasteiger charge is -2.25. The van der Waals surface area contributed by atoms with Gasteiger partial charge in [0.2, 0.25) is 0 Å². The van der Waals surface area contributed by atoms with Crippen molar-refractivity contribution in [1.29, 1.82) is 0 Å². The van der Waals surface area contributed by atoms with Crippen molar-refractivity contribution in [3.63, 3.8) is 0 Å². The maximum absolute atomic E-state index is 11.9. The number of phenolic OH excluding ortho intramolecular Hbond substituents is 1. The quantitative estimate of drug-likeness (QED) is 0.441. The Morgan fingerprint density at radius 3 is 2.93 bits per heavy atom. The normalized spacial score (nSPS) is 16.1. The zero-order valence-electron chi connectivity index (χ0n) is 16.3. The van der Waals surface area contributed by atoms with Crippen LogP contribution < -0.4 is 10.2 Å². The Hall–Kier alpha value is -4.00. The van der Waals surface area contributed by atoms with E-state index in [0.717, 1.165) is 27.8 Å². The number of fused-ring (bicyclic) bond motifs is 5. The molecule has 0 amide bonds. The van der Waals surface area contributed by atoms with Crippen LogP contribution in [0.3, 0.4) is 0 Å². The van der Waals surface area contributed by atoms with Gasteiger partial charge in [-0.05, 0) is 19.1 Å². The topological polar surface area (TPSA) is 93.3 Å². The van der Waals surface area contributed by atoms with Gasteiger partial charge in [0, 0.05) is 47.5 Å². The van der Waals surface area contributed by atoms with E-state index in [1.54, 1.807) is 4.68 Å². The van der Waals surface area contributed by atoms with Gasteiger partial charge < -0.3 is 19.4 Å². The van der Waals surface area contributed by atoms with E-state index in [0.29, 0.717) is 27.7 Å². The molecule has 148 valence electrons. The molecule has 30 heavy (non-hydrogen) atoms. The summed E-state index contributed by atoms with van der Waals surface area (Å²) in [6, 6.07) is 10.4. The van der Waals surface area contributed by atoms with Crippen molar-refractivity contribution < 1.29 is 14.3 Å². The molecule has 1 aliphatic rings. The van der Waals surface area contributed by atoms with Gasteiger partial charge >= 0.3 is 0 Å². The molecule has 7 heteroatoms. The fraction of sp³-hybridized carbons (Fsp3) is 0.130. The summed E-state index contributed by atoms with van der Waals surface area (Å²) >= 11 is 0. The number of aromatic hydroxyl groups is 1. The summed E-state index contributed by atoms with van der Waals surface area (Å²) < 4.78 is 14.1. The van der Waals surface area contributed by atoms with Gasteiger partial charge in [-0.2, -0.15) is 0 Å². The lowest BCUT2D eigenvalue weighted by Crippen LogP contribution is -2.18. The highest BCUT2D eigenvalue weighted by Crippen LogP contribution is 2.43. The number of pyridine rings is 1. The van der Waals surface area contributed by atoms with E-state index in [1.165, 1.54) is 12.1 Å². The molecule has 2 N–H and O–H groups in total. The van der Waals surface area contributed by atoms with Crippen LogP contribution in [0.4, 0.5) is 0 Å². The lowest BCUT2D eigenvalue weighted by molar-refractivity contribution is 0.275. The second-order valence-electron chi connectivity index (χ2n) is 7.55. The van der Waals surface area contributed by atoms with Crippen molar-refractivity contribution in [1.82, 2.24) is 14.8 Å². The highest BCUT2D eigenvalue weighted by Gasteiger charge is 2.28. The van der Waals surface area contributed by atoms with Crippen molar-refractivity contribution in [2.75, 3.05) is 0 Å². The molecular weight excluding hydrogens is 382 g/mol. The zero-order valence-corrected chi connectivity index (χ0v) is 16.3. The first kappa shape index (κ1) is 16.9. The Labute approximate surface area is 169 Å². The fourth-order valence-corrected chi connectivity index (χ4v) is 4.27. The molecule has 0 saturated carbocycles. The molecule has 1 aliphatic heterocycles. The van der Waals surface area contributed by atoms with Gasteiger partial charge in [0.15, 0.2) is 16.7 Å². The molecule has 0 spiro atoms. The fourth-order valence-electron chi connectivity index (χ4n) is 4.27. The summed E-state index contributed by atoms with van der Waals surface area (Å²) in [6.45, 7) is 1.99. The van der Waals surface area contributed by atoms with Crippen LogP contribution in [0.2, 0.25) is 0 Å². The molecular formula is C23H17N3O4. The van der Waals surface area contributed by atoms with Gasteiger partial charge in [-0.15, -0.1) is 0 Å². The third-order valence-corrected chi connectivity index (χ3v) is 5.65. The van der Waals surface area contributed by atoms with Crippen LogP contribution in [0.25, 0.3) is 44.8 Å². The van der Waals surface area contributed by atoms with Crippen molar-refractivity contribution in [2.45, 2.75) is 13.0 Å². The van der Waals surface area contributed by atoms with Crippen molar-refractivity contribution >= 4 is 44.8 Å². The third-order valence-electron chi connectivity index (χ3n) is 5.65. The number of ether oxygens (including phenoxy) is 1. The van der Waals surface area contributed by atoms with Crippen LogP contribution in [0.5, 0.6) is 11.5 Å². The predicted octanol–water partition coefficient (Wildman–Crippen LogP) is 4.19. The number of para-hydroxylation sites is 1. The summed E-state index contributed by atoms with van der Waals surface area (Å²) in [5, 5.41) is 14.9. The standard InChI is InChI=1S/C23H17N3O4/c1-11-14(7-12-5-3-4-6-17(12)29-11)19-15-10-24-26(2)23(15)25-21-20-16(28)8-13(27)9-18(20)30-22(19)21/h3-11,24,28H,1-2H3/t11-/m1/s1. The minimum absolute atomic E-state index is 0.139. The predicted molar refractivity (Wildman–Crippen MR) is 115 cm³/mol. The van der Waals surface area contributed by atoms with E-state index >= 15 is 0 Å². The van der Waals surface area contributed by atoms with Gasteiger partial charge in [0.25, 0.3) is 0 Å². The summed E-state index contributed by atoms with van der Waals surface area (Å²) in [7, 11) is 1.87. The number of benzene rings is 2. The van der Waals surface area contributed by atoms with E-state index < -0.39 is 0 Å². The van der Waals surface area contributed by atoms with Crippen molar-refractivity contribution in [2.24, 2.45) is 7.05 Å². The van der Waals surface area contributed by atoms with E-state index in [1.807, 2.05) is 44.4 Å². The van der Waals surface area contributed by atoms with E-state index in [-0.39, 0.29) is 17.3 Å². The number of hydrogen-bond donors (Lipinski definition) is 2. The lowest BCUT2D eigenvalue weighted by atomic mass is 9.93. The smallest absolute Gasteiger partial charge is 0.186 e. The number of aromatic nitrogens is 3. The van der Waals surface area contributed by atoms with E-state index in [4.69, 9.17) is 14.1 Å². The van der Waals surface area contributed by atoms with Gasteiger partial charge in [-0.25, -0.2) is 4.98 Å². The second kappa shape index (κ2) is 5.76. The molecule has 4 heterocycles. The molecule has 0 saturated heterocycles. The first-order valence-corrected chi connectivity index (χ1v) is 9.62. The Morgan fingerprint density at radius 1 is 1.23 bits per heavy atom. The Bertz CT molecular complexity index is 1590. The minimum Gasteiger partial charge on any atom is -0.507 e. The van der Waals surface area contributed by atoms with Crippen LogP contribution in [0.15, 0.2) is 51.8 Å². The number of aryl methyl sites for hydroxylation is 1. The van der Waals surface area contributed by atoms with E-state index in [2.05, 4.69) is 11.2 Å². The minimum atomic E-state index is -0.319. The van der Waals surface area contributed by atoms with Crippen LogP contribution in [0, 0.1) is 0 Å². The van der Waals surface area contributed by atoms with Crippen molar-refractivity contribution in [3.05, 3.63) is 63.9 Å². The molecule has 0 fully saturated rings. The molecule has 0 bridgehead atoms. The number of aromatic amines is 1. The monoisotopic (exact) mass is 399 g/mol. The first-order chi connectivity index (χ1) is 14.5. The molecule has 7 nitrogen and oxygen atoms in total. The molecule has 5 aromatic rings. The molecule has 2 aromatic carbocycles. The van der Waals surface area contributed by atoms with Gasteiger partial charge in [-0.1, -0.05) is 18.2 Å². The van der Waals surface area contributed by atoms with Crippen molar-refractivity contribution in [3.8, 4) is 11.5 Å². The van der Waals surface area contributed by atoms with Gasteiger partial charge in [-0.3, -0.25) is 9.48 Å². The number of nitrogens with zero attached hydrogens (tertiary/aromatic N) is 2. The number of rotatable bonds is 1. The molecule has 0 radical (unpaired) electrons. The molecule has 3 aromatic heterocycles. The molecule has 1 atom stereocenters. The third kappa shape index (κ3) is 2.20. The maximum atomic E-state index is 11.9. The number of H-pyrrole nitrogens is 1.